The van der Waals surface area contributed by atoms with Crippen LogP contribution >= 0.6 is 27.7 Å². The Balaban J connectivity index is 2.13. The third-order valence-electron chi connectivity index (χ3n) is 5.03. The van der Waals surface area contributed by atoms with Gasteiger partial charge in [-0.15, -0.1) is 6.58 Å². The minimum Gasteiger partial charge on any atom is -0.465 e. The molecule has 0 atom stereocenters. The molecule has 0 N–H and O–H groups in total. The van der Waals surface area contributed by atoms with Gasteiger partial charge in [-0.1, -0.05) is 17.8 Å². The maximum atomic E-state index is 13.0. The van der Waals surface area contributed by atoms with E-state index in [1.807, 2.05) is 11.6 Å². The van der Waals surface area contributed by atoms with Crippen LogP contribution in [0.3, 0.4) is 0 Å². The Morgan fingerprint density at radius 2 is 2.09 bits per heavy atom. The van der Waals surface area contributed by atoms with Gasteiger partial charge in [0.1, 0.15) is 11.1 Å². The molecule has 7 nitrogen and oxygen atoms in total. The van der Waals surface area contributed by atoms with Crippen LogP contribution in [-0.2, 0) is 28.7 Å². The largest absolute Gasteiger partial charge is 0.465 e. The molecule has 0 spiro atoms. The number of esters is 2. The zero-order valence-corrected chi connectivity index (χ0v) is 20.9. The number of carbonyl (C=O) groups is 2. The molecule has 170 valence electrons. The number of halogens is 1. The molecule has 3 rings (SSSR count). The maximum Gasteiger partial charge on any atom is 0.340 e. The molecule has 1 aromatic carbocycles. The van der Waals surface area contributed by atoms with E-state index in [-0.39, 0.29) is 6.61 Å². The predicted molar refractivity (Wildman–Crippen MR) is 130 cm³/mol. The summed E-state index contributed by atoms with van der Waals surface area (Å²) in [5.41, 5.74) is 3.40. The van der Waals surface area contributed by atoms with Crippen molar-refractivity contribution in [3.05, 3.63) is 69.5 Å². The smallest absolute Gasteiger partial charge is 0.340 e. The number of benzene rings is 1. The van der Waals surface area contributed by atoms with E-state index in [1.165, 1.54) is 18.9 Å². The molecule has 0 fully saturated rings. The van der Waals surface area contributed by atoms with Crippen molar-refractivity contribution in [3.8, 4) is 6.07 Å². The number of allylic oxidation sites excluding steroid dienone is 1. The van der Waals surface area contributed by atoms with E-state index in [2.05, 4.69) is 33.6 Å². The quantitative estimate of drug-likeness (QED) is 0.226. The molecular weight excluding hydrogens is 506 g/mol. The number of nitriles is 1. The number of pyridine rings is 1. The monoisotopic (exact) mass is 527 g/mol. The highest BCUT2D eigenvalue weighted by Gasteiger charge is 2.25. The van der Waals surface area contributed by atoms with E-state index in [0.717, 1.165) is 11.2 Å². The molecule has 0 amide bonds. The van der Waals surface area contributed by atoms with Crippen molar-refractivity contribution < 1.29 is 19.1 Å². The Kier molecular flexibility index (Phi) is 7.95. The first-order valence-corrected chi connectivity index (χ1v) is 11.8. The Morgan fingerprint density at radius 1 is 1.33 bits per heavy atom. The summed E-state index contributed by atoms with van der Waals surface area (Å²) in [6, 6.07) is 9.12. The van der Waals surface area contributed by atoms with Gasteiger partial charge in [0.25, 0.3) is 0 Å². The zero-order valence-electron chi connectivity index (χ0n) is 18.5. The minimum atomic E-state index is -0.514. The summed E-state index contributed by atoms with van der Waals surface area (Å²) < 4.78 is 12.6. The number of hydrogen-bond donors (Lipinski definition) is 0. The van der Waals surface area contributed by atoms with Crippen LogP contribution in [0, 0.1) is 11.3 Å². The van der Waals surface area contributed by atoms with Gasteiger partial charge in [0.05, 0.1) is 35.9 Å². The SMILES string of the molecule is C=CCc1ccc(C#N)c(SCc2c(C(=O)OCC)c3cc(C(=O)OC)c(Br)cc3n2C)n1. The number of carbonyl (C=O) groups excluding carboxylic acids is 2. The average molecular weight is 528 g/mol. The van der Waals surface area contributed by atoms with Crippen LogP contribution in [-0.4, -0.2) is 35.2 Å². The first kappa shape index (κ1) is 24.6. The Bertz CT molecular complexity index is 1290. The molecule has 0 aliphatic carbocycles. The van der Waals surface area contributed by atoms with E-state index in [1.54, 1.807) is 37.3 Å². The van der Waals surface area contributed by atoms with Crippen molar-refractivity contribution in [2.45, 2.75) is 24.1 Å². The molecule has 9 heteroatoms. The second kappa shape index (κ2) is 10.7. The van der Waals surface area contributed by atoms with Gasteiger partial charge in [0.2, 0.25) is 0 Å². The van der Waals surface area contributed by atoms with Crippen molar-refractivity contribution in [2.75, 3.05) is 13.7 Å². The van der Waals surface area contributed by atoms with Crippen molar-refractivity contribution >= 4 is 50.5 Å². The number of fused-ring (bicyclic) bond motifs is 1. The summed E-state index contributed by atoms with van der Waals surface area (Å²) in [5, 5.41) is 10.7. The van der Waals surface area contributed by atoms with Crippen LogP contribution in [0.15, 0.2) is 46.4 Å². The zero-order chi connectivity index (χ0) is 24.1. The van der Waals surface area contributed by atoms with Crippen molar-refractivity contribution in [3.63, 3.8) is 0 Å². The van der Waals surface area contributed by atoms with E-state index in [0.29, 0.717) is 49.4 Å². The van der Waals surface area contributed by atoms with Gasteiger partial charge in [-0.2, -0.15) is 5.26 Å². The van der Waals surface area contributed by atoms with Gasteiger partial charge >= 0.3 is 11.9 Å². The summed E-state index contributed by atoms with van der Waals surface area (Å²) in [6.07, 6.45) is 2.34. The molecule has 0 aliphatic heterocycles. The summed E-state index contributed by atoms with van der Waals surface area (Å²) >= 11 is 4.79. The van der Waals surface area contributed by atoms with Crippen LogP contribution in [0.1, 0.15) is 44.6 Å². The summed E-state index contributed by atoms with van der Waals surface area (Å²) in [5.74, 6) is -0.630. The van der Waals surface area contributed by atoms with Crippen LogP contribution in [0.4, 0.5) is 0 Å². The highest BCUT2D eigenvalue weighted by molar-refractivity contribution is 9.10. The lowest BCUT2D eigenvalue weighted by molar-refractivity contribution is 0.0525. The number of aryl methyl sites for hydroxylation is 1. The standard InChI is InChI=1S/C24H22BrN3O4S/c1-5-7-15-9-8-14(12-26)22(27-15)33-13-20-21(24(30)32-6-2)17-10-16(23(29)31-4)18(25)11-19(17)28(20)3/h5,8-11H,1,6-7,13H2,2-4H3. The van der Waals surface area contributed by atoms with Crippen LogP contribution in [0.25, 0.3) is 10.9 Å². The Labute approximate surface area is 204 Å². The number of hydrogen-bond acceptors (Lipinski definition) is 7. The van der Waals surface area contributed by atoms with Gasteiger partial charge in [-0.25, -0.2) is 14.6 Å². The van der Waals surface area contributed by atoms with E-state index >= 15 is 0 Å². The van der Waals surface area contributed by atoms with Gasteiger partial charge in [-0.3, -0.25) is 0 Å². The molecule has 0 radical (unpaired) electrons. The maximum absolute atomic E-state index is 13.0. The number of nitrogens with zero attached hydrogens (tertiary/aromatic N) is 3. The van der Waals surface area contributed by atoms with Gasteiger partial charge < -0.3 is 14.0 Å². The molecule has 2 heterocycles. The fourth-order valence-corrected chi connectivity index (χ4v) is 5.00. The summed E-state index contributed by atoms with van der Waals surface area (Å²) in [6.45, 7) is 5.69. The van der Waals surface area contributed by atoms with E-state index in [4.69, 9.17) is 9.47 Å². The topological polar surface area (TPSA) is 94.2 Å². The first-order chi connectivity index (χ1) is 15.9. The number of methoxy groups -OCH3 is 1. The molecule has 3 aromatic rings. The molecule has 0 aliphatic rings. The second-order valence-corrected chi connectivity index (χ2v) is 8.81. The first-order valence-electron chi connectivity index (χ1n) is 10.1. The van der Waals surface area contributed by atoms with Crippen molar-refractivity contribution in [1.29, 1.82) is 5.26 Å². The van der Waals surface area contributed by atoms with Crippen LogP contribution < -0.4 is 0 Å². The Hall–Kier alpha value is -3.09. The number of ether oxygens (including phenoxy) is 2. The predicted octanol–water partition coefficient (Wildman–Crippen LogP) is 5.19. The molecule has 0 saturated carbocycles. The van der Waals surface area contributed by atoms with Crippen LogP contribution in [0.5, 0.6) is 0 Å². The highest BCUT2D eigenvalue weighted by atomic mass is 79.9. The number of aromatic nitrogens is 2. The van der Waals surface area contributed by atoms with E-state index in [9.17, 15) is 14.9 Å². The lowest BCUT2D eigenvalue weighted by Gasteiger charge is -2.09. The van der Waals surface area contributed by atoms with Crippen molar-refractivity contribution in [1.82, 2.24) is 9.55 Å². The summed E-state index contributed by atoms with van der Waals surface area (Å²) in [4.78, 5) is 29.7. The lowest BCUT2D eigenvalue weighted by Crippen LogP contribution is -2.09. The number of rotatable bonds is 8. The van der Waals surface area contributed by atoms with Crippen LogP contribution in [0.2, 0.25) is 0 Å². The van der Waals surface area contributed by atoms with E-state index < -0.39 is 11.9 Å². The fourth-order valence-electron chi connectivity index (χ4n) is 3.45. The third-order valence-corrected chi connectivity index (χ3v) is 6.69. The normalized spacial score (nSPS) is 10.6. The molecule has 33 heavy (non-hydrogen) atoms. The second-order valence-electron chi connectivity index (χ2n) is 6.99. The Morgan fingerprint density at radius 3 is 2.73 bits per heavy atom. The highest BCUT2D eigenvalue weighted by Crippen LogP contribution is 2.35. The molecule has 0 bridgehead atoms. The van der Waals surface area contributed by atoms with Crippen molar-refractivity contribution in [2.24, 2.45) is 7.05 Å². The molecule has 2 aromatic heterocycles. The molecular formula is C24H22BrN3O4S. The fraction of sp³-hybridized carbons (Fsp3) is 0.250. The molecule has 0 unspecified atom stereocenters. The van der Waals surface area contributed by atoms with Gasteiger partial charge in [0.15, 0.2) is 0 Å². The summed E-state index contributed by atoms with van der Waals surface area (Å²) in [7, 11) is 3.15. The van der Waals surface area contributed by atoms with Gasteiger partial charge in [-0.05, 0) is 47.1 Å². The van der Waals surface area contributed by atoms with Gasteiger partial charge in [0, 0.05) is 40.5 Å². The number of thioether (sulfide) groups is 1. The molecule has 0 saturated heterocycles. The minimum absolute atomic E-state index is 0.214. The third kappa shape index (κ3) is 4.97. The average Bonchev–Trinajstić information content (AvgIpc) is 3.07. The lowest BCUT2D eigenvalue weighted by atomic mass is 10.1.